The number of ether oxygens (including phenoxy) is 1. The monoisotopic (exact) mass is 262 g/mol. The molecule has 0 radical (unpaired) electrons. The third-order valence-electron chi connectivity index (χ3n) is 2.82. The predicted octanol–water partition coefficient (Wildman–Crippen LogP) is 0.241. The second kappa shape index (κ2) is 7.20. The van der Waals surface area contributed by atoms with Crippen LogP contribution in [-0.4, -0.2) is 65.4 Å². The summed E-state index contributed by atoms with van der Waals surface area (Å²) in [4.78, 5) is 12.9. The summed E-state index contributed by atoms with van der Waals surface area (Å²) < 4.78 is 5.65. The molecule has 1 rings (SSSR count). The van der Waals surface area contributed by atoms with E-state index in [1.807, 2.05) is 0 Å². The molecule has 1 aliphatic rings. The number of rotatable bonds is 6. The number of morpholine rings is 1. The average molecular weight is 262 g/mol. The normalized spacial score (nSPS) is 23.9. The van der Waals surface area contributed by atoms with Crippen LogP contribution in [0.5, 0.6) is 0 Å². The molecule has 3 N–H and O–H groups in total. The molecule has 1 fully saturated rings. The van der Waals surface area contributed by atoms with Gasteiger partial charge in [-0.05, 0) is 13.8 Å². The van der Waals surface area contributed by atoms with Crippen LogP contribution in [-0.2, 0) is 9.53 Å². The number of carboxylic acids is 1. The Morgan fingerprint density at radius 3 is 2.94 bits per heavy atom. The molecule has 17 heavy (non-hydrogen) atoms. The molecule has 100 valence electrons. The maximum absolute atomic E-state index is 10.5. The third kappa shape index (κ3) is 5.25. The van der Waals surface area contributed by atoms with E-state index in [0.29, 0.717) is 11.8 Å². The molecule has 1 aliphatic heterocycles. The van der Waals surface area contributed by atoms with Crippen LogP contribution in [0.15, 0.2) is 0 Å². The first-order valence-electron chi connectivity index (χ1n) is 5.92. The summed E-state index contributed by atoms with van der Waals surface area (Å²) in [6.07, 6.45) is 0.192. The number of aliphatic carboxylic acids is 1. The number of hydrogen-bond donors (Lipinski definition) is 2. The van der Waals surface area contributed by atoms with Crippen molar-refractivity contribution in [1.82, 2.24) is 4.90 Å². The van der Waals surface area contributed by atoms with Crippen molar-refractivity contribution in [2.24, 2.45) is 5.73 Å². The Hall–Kier alpha value is -0.300. The molecule has 0 aromatic carbocycles. The van der Waals surface area contributed by atoms with E-state index < -0.39 is 12.0 Å². The van der Waals surface area contributed by atoms with Gasteiger partial charge in [0.1, 0.15) is 6.04 Å². The van der Waals surface area contributed by atoms with Crippen LogP contribution in [0.3, 0.4) is 0 Å². The van der Waals surface area contributed by atoms with Gasteiger partial charge in [0.2, 0.25) is 0 Å². The van der Waals surface area contributed by atoms with Gasteiger partial charge in [-0.3, -0.25) is 9.69 Å². The fraction of sp³-hybridized carbons (Fsp3) is 0.909. The van der Waals surface area contributed by atoms with Crippen LogP contribution in [0.25, 0.3) is 0 Å². The Labute approximate surface area is 107 Å². The summed E-state index contributed by atoms with van der Waals surface area (Å²) in [6, 6.07) is -0.238. The Kier molecular flexibility index (Phi) is 6.26. The van der Waals surface area contributed by atoms with Crippen LogP contribution >= 0.6 is 11.8 Å². The minimum Gasteiger partial charge on any atom is -0.480 e. The predicted molar refractivity (Wildman–Crippen MR) is 69.4 cm³/mol. The maximum Gasteiger partial charge on any atom is 0.321 e. The summed E-state index contributed by atoms with van der Waals surface area (Å²) in [5.41, 5.74) is 5.44. The van der Waals surface area contributed by atoms with E-state index in [1.165, 1.54) is 0 Å². The van der Waals surface area contributed by atoms with Gasteiger partial charge >= 0.3 is 5.97 Å². The lowest BCUT2D eigenvalue weighted by Crippen LogP contribution is -2.46. The lowest BCUT2D eigenvalue weighted by atomic mass is 10.2. The number of nitrogens with two attached hydrogens (primary N) is 1. The van der Waals surface area contributed by atoms with Crippen molar-refractivity contribution in [3.8, 4) is 0 Å². The standard InChI is InChI=1S/C11H22N2O3S/c1-8(2)13-3-4-16-9(5-13)6-17-7-10(12)11(14)15/h8-10H,3-7,12H2,1-2H3,(H,14,15)/t9?,10-/m1/s1. The minimum atomic E-state index is -0.939. The second-order valence-corrected chi connectivity index (χ2v) is 5.64. The van der Waals surface area contributed by atoms with Gasteiger partial charge in [-0.2, -0.15) is 11.8 Å². The highest BCUT2D eigenvalue weighted by Crippen LogP contribution is 2.14. The first-order valence-corrected chi connectivity index (χ1v) is 7.08. The molecule has 1 heterocycles. The number of thioether (sulfide) groups is 1. The molecule has 0 bridgehead atoms. The van der Waals surface area contributed by atoms with Crippen molar-refractivity contribution in [3.63, 3.8) is 0 Å². The molecule has 0 aliphatic carbocycles. The van der Waals surface area contributed by atoms with Gasteiger partial charge in [-0.25, -0.2) is 0 Å². The number of nitrogens with zero attached hydrogens (tertiary/aromatic N) is 1. The summed E-state index contributed by atoms with van der Waals surface area (Å²) in [7, 11) is 0. The van der Waals surface area contributed by atoms with E-state index in [9.17, 15) is 4.79 Å². The van der Waals surface area contributed by atoms with Gasteiger partial charge < -0.3 is 15.6 Å². The van der Waals surface area contributed by atoms with Crippen molar-refractivity contribution in [2.45, 2.75) is 32.0 Å². The quantitative estimate of drug-likeness (QED) is 0.714. The lowest BCUT2D eigenvalue weighted by Gasteiger charge is -2.35. The van der Waals surface area contributed by atoms with Gasteiger partial charge in [0.15, 0.2) is 0 Å². The molecule has 1 unspecified atom stereocenters. The molecular weight excluding hydrogens is 240 g/mol. The molecule has 0 amide bonds. The zero-order valence-corrected chi connectivity index (χ0v) is 11.3. The summed E-state index contributed by atoms with van der Waals surface area (Å²) in [5, 5.41) is 8.66. The molecule has 0 saturated carbocycles. The van der Waals surface area contributed by atoms with E-state index in [2.05, 4.69) is 18.7 Å². The van der Waals surface area contributed by atoms with Crippen molar-refractivity contribution >= 4 is 17.7 Å². The van der Waals surface area contributed by atoms with Crippen LogP contribution < -0.4 is 5.73 Å². The summed E-state index contributed by atoms with van der Waals surface area (Å²) in [6.45, 7) is 7.01. The van der Waals surface area contributed by atoms with Crippen molar-refractivity contribution < 1.29 is 14.6 Å². The number of carbonyl (C=O) groups is 1. The molecular formula is C11H22N2O3S. The fourth-order valence-corrected chi connectivity index (χ4v) is 2.71. The highest BCUT2D eigenvalue weighted by Gasteiger charge is 2.22. The lowest BCUT2D eigenvalue weighted by molar-refractivity contribution is -0.137. The SMILES string of the molecule is CC(C)N1CCOC(CSC[C@@H](N)C(=O)O)C1. The van der Waals surface area contributed by atoms with E-state index in [1.54, 1.807) is 11.8 Å². The third-order valence-corrected chi connectivity index (χ3v) is 4.02. The van der Waals surface area contributed by atoms with Gasteiger partial charge in [0, 0.05) is 30.6 Å². The zero-order valence-electron chi connectivity index (χ0n) is 10.5. The van der Waals surface area contributed by atoms with Gasteiger partial charge in [0.25, 0.3) is 0 Å². The van der Waals surface area contributed by atoms with Crippen LogP contribution in [0.4, 0.5) is 0 Å². The van der Waals surface area contributed by atoms with Crippen molar-refractivity contribution in [2.75, 3.05) is 31.2 Å². The Balaban J connectivity index is 2.21. The van der Waals surface area contributed by atoms with Crippen LogP contribution in [0.1, 0.15) is 13.8 Å². The molecule has 0 spiro atoms. The zero-order chi connectivity index (χ0) is 12.8. The minimum absolute atomic E-state index is 0.192. The fourth-order valence-electron chi connectivity index (χ4n) is 1.71. The van der Waals surface area contributed by atoms with E-state index in [0.717, 1.165) is 25.4 Å². The van der Waals surface area contributed by atoms with Crippen LogP contribution in [0, 0.1) is 0 Å². The van der Waals surface area contributed by atoms with Crippen LogP contribution in [0.2, 0.25) is 0 Å². The second-order valence-electron chi connectivity index (χ2n) is 4.56. The molecule has 0 aromatic heterocycles. The Morgan fingerprint density at radius 2 is 2.35 bits per heavy atom. The molecule has 6 heteroatoms. The van der Waals surface area contributed by atoms with E-state index >= 15 is 0 Å². The Morgan fingerprint density at radius 1 is 1.65 bits per heavy atom. The highest BCUT2D eigenvalue weighted by atomic mass is 32.2. The first-order chi connectivity index (χ1) is 8.00. The van der Waals surface area contributed by atoms with Crippen molar-refractivity contribution in [1.29, 1.82) is 0 Å². The molecule has 0 aromatic rings. The summed E-state index contributed by atoms with van der Waals surface area (Å²) in [5.74, 6) is 0.312. The largest absolute Gasteiger partial charge is 0.480 e. The van der Waals surface area contributed by atoms with Gasteiger partial charge in [0.05, 0.1) is 12.7 Å². The molecule has 5 nitrogen and oxygen atoms in total. The number of hydrogen-bond acceptors (Lipinski definition) is 5. The topological polar surface area (TPSA) is 75.8 Å². The Bertz CT molecular complexity index is 251. The van der Waals surface area contributed by atoms with Gasteiger partial charge in [-0.1, -0.05) is 0 Å². The van der Waals surface area contributed by atoms with Gasteiger partial charge in [-0.15, -0.1) is 0 Å². The van der Waals surface area contributed by atoms with E-state index in [4.69, 9.17) is 15.6 Å². The number of carboxylic acid groups (broad SMARTS) is 1. The smallest absolute Gasteiger partial charge is 0.321 e. The maximum atomic E-state index is 10.5. The first kappa shape index (κ1) is 14.8. The summed E-state index contributed by atoms with van der Waals surface area (Å²) >= 11 is 1.55. The van der Waals surface area contributed by atoms with E-state index in [-0.39, 0.29) is 6.10 Å². The highest BCUT2D eigenvalue weighted by molar-refractivity contribution is 7.99. The molecule has 2 atom stereocenters. The molecule has 1 saturated heterocycles. The van der Waals surface area contributed by atoms with Crippen molar-refractivity contribution in [3.05, 3.63) is 0 Å². The average Bonchev–Trinajstić information content (AvgIpc) is 2.29.